The maximum atomic E-state index is 14.9. The molecule has 0 aliphatic carbocycles. The Morgan fingerprint density at radius 1 is 0.522 bits per heavy atom. The van der Waals surface area contributed by atoms with E-state index in [0.29, 0.717) is 33.5 Å². The van der Waals surface area contributed by atoms with Gasteiger partial charge in [-0.1, -0.05) is 54.6 Å². The van der Waals surface area contributed by atoms with Crippen molar-refractivity contribution in [3.8, 4) is 11.5 Å². The zero-order valence-electron chi connectivity index (χ0n) is 35.4. The number of ether oxygens (including phenoxy) is 4. The number of nitrogen functional groups attached to an aromatic ring is 2. The summed E-state index contributed by atoms with van der Waals surface area (Å²) in [5.41, 5.74) is 13.8. The van der Waals surface area contributed by atoms with Gasteiger partial charge in [0.15, 0.2) is 0 Å². The number of benzene rings is 5. The van der Waals surface area contributed by atoms with E-state index in [2.05, 4.69) is 0 Å². The normalized spacial score (nSPS) is 12.5. The van der Waals surface area contributed by atoms with Crippen LogP contribution in [0.5, 0.6) is 11.5 Å². The minimum absolute atomic E-state index is 0.0725. The van der Waals surface area contributed by atoms with Gasteiger partial charge in [0.1, 0.15) is 24.7 Å². The van der Waals surface area contributed by atoms with Crippen LogP contribution in [0.4, 0.5) is 55.3 Å². The van der Waals surface area contributed by atoms with E-state index in [0.717, 1.165) is 36.4 Å². The van der Waals surface area contributed by atoms with Crippen LogP contribution in [0.1, 0.15) is 70.5 Å². The Hall–Kier alpha value is -6.98. The van der Waals surface area contributed by atoms with Crippen molar-refractivity contribution in [2.24, 2.45) is 0 Å². The average molecular weight is 947 g/mol. The number of hydrogen-bond acceptors (Lipinski definition) is 8. The number of hydrogen-bond donors (Lipinski definition) is 2. The maximum Gasteiger partial charge on any atom is 0.426 e. The number of rotatable bonds is 21. The first-order valence-electron chi connectivity index (χ1n) is 20.5. The molecule has 0 unspecified atom stereocenters. The molecule has 67 heavy (non-hydrogen) atoms. The van der Waals surface area contributed by atoms with E-state index < -0.39 is 66.4 Å². The predicted molar refractivity (Wildman–Crippen MR) is 231 cm³/mol. The molecule has 0 aliphatic heterocycles. The molecule has 0 spiro atoms. The lowest BCUT2D eigenvalue weighted by molar-refractivity contribution is -0.186. The number of aryl methyl sites for hydroxylation is 2. The van der Waals surface area contributed by atoms with Crippen molar-refractivity contribution in [2.45, 2.75) is 69.0 Å². The van der Waals surface area contributed by atoms with E-state index in [1.165, 1.54) is 91.0 Å². The molecule has 18 heteroatoms. The lowest BCUT2D eigenvalue weighted by Crippen LogP contribution is -2.21. The predicted octanol–water partition coefficient (Wildman–Crippen LogP) is 12.5. The maximum absolute atomic E-state index is 14.9. The van der Waals surface area contributed by atoms with Crippen molar-refractivity contribution < 1.29 is 72.4 Å². The number of carbonyl (C=O) groups is 2. The minimum Gasteiger partial charge on any atom is -0.462 e. The molecule has 0 radical (unpaired) electrons. The summed E-state index contributed by atoms with van der Waals surface area (Å²) in [6, 6.07) is 24.9. The fourth-order valence-electron chi connectivity index (χ4n) is 6.41. The molecule has 0 saturated carbocycles. The molecule has 5 aromatic carbocycles. The highest BCUT2D eigenvalue weighted by Gasteiger charge is 2.36. The summed E-state index contributed by atoms with van der Waals surface area (Å²) in [4.78, 5) is 25.5. The molecule has 0 saturated heterocycles. The number of halogens is 10. The first-order chi connectivity index (χ1) is 31.5. The van der Waals surface area contributed by atoms with Gasteiger partial charge in [-0.15, -0.1) is 0 Å². The molecule has 0 bridgehead atoms. The molecule has 8 nitrogen and oxygen atoms in total. The highest BCUT2D eigenvalue weighted by molar-refractivity contribution is 5.87. The van der Waals surface area contributed by atoms with Crippen LogP contribution >= 0.6 is 0 Å². The fraction of sp³-hybridized carbons (Fsp3) is 0.265. The summed E-state index contributed by atoms with van der Waals surface area (Å²) in [5.74, 6) is -2.78. The van der Waals surface area contributed by atoms with E-state index >= 15 is 0 Å². The van der Waals surface area contributed by atoms with Gasteiger partial charge >= 0.3 is 36.5 Å². The third-order valence-corrected chi connectivity index (χ3v) is 9.91. The number of esters is 2. The zero-order valence-corrected chi connectivity index (χ0v) is 35.4. The van der Waals surface area contributed by atoms with Crippen molar-refractivity contribution in [2.75, 3.05) is 24.7 Å². The average Bonchev–Trinajstić information content (AvgIpc) is 3.25. The zero-order chi connectivity index (χ0) is 48.8. The summed E-state index contributed by atoms with van der Waals surface area (Å²) >= 11 is 0. The van der Waals surface area contributed by atoms with Crippen LogP contribution in [-0.2, 0) is 44.1 Å². The molecular weight excluding hydrogens is 903 g/mol. The molecule has 0 amide bonds. The number of anilines is 2. The number of nitrogens with two attached hydrogens (primary N) is 2. The molecule has 4 N–H and O–H groups in total. The second kappa shape index (κ2) is 22.5. The molecule has 0 heterocycles. The minimum atomic E-state index is -4.30. The van der Waals surface area contributed by atoms with Gasteiger partial charge in [-0.05, 0) is 126 Å². The van der Waals surface area contributed by atoms with Crippen molar-refractivity contribution in [3.05, 3.63) is 166 Å². The van der Waals surface area contributed by atoms with Gasteiger partial charge in [-0.2, -0.15) is 43.9 Å². The monoisotopic (exact) mass is 946 g/mol. The van der Waals surface area contributed by atoms with Crippen molar-refractivity contribution in [1.82, 2.24) is 0 Å². The lowest BCUT2D eigenvalue weighted by Gasteiger charge is -2.19. The van der Waals surface area contributed by atoms with Crippen LogP contribution in [0.2, 0.25) is 0 Å². The molecule has 356 valence electrons. The first-order valence-corrected chi connectivity index (χ1v) is 20.5. The highest BCUT2D eigenvalue weighted by Crippen LogP contribution is 2.34. The van der Waals surface area contributed by atoms with Gasteiger partial charge in [0.05, 0.1) is 17.0 Å². The highest BCUT2D eigenvalue weighted by atomic mass is 19.4. The molecular formula is C49H44F10N2O6. The van der Waals surface area contributed by atoms with Gasteiger partial charge < -0.3 is 30.4 Å². The quantitative estimate of drug-likeness (QED) is 0.0323. The van der Waals surface area contributed by atoms with E-state index in [4.69, 9.17) is 30.4 Å². The van der Waals surface area contributed by atoms with Gasteiger partial charge in [0, 0.05) is 36.4 Å². The van der Waals surface area contributed by atoms with Gasteiger partial charge in [0.2, 0.25) is 0 Å². The molecule has 0 aromatic heterocycles. The largest absolute Gasteiger partial charge is 0.462 e. The molecule has 5 aromatic rings. The third-order valence-electron chi connectivity index (χ3n) is 9.91. The Morgan fingerprint density at radius 3 is 1.27 bits per heavy atom. The SMILES string of the molecule is Nc1ccc(C(COC(=O)/C=C/c2ccc(OC(F)(F)c3ccc(CCCC(F)(F)F)cc3)cc2)COC(=O)/C=C/c2ccc(OC(F)(F)c3ccc(CCCC(F)(F)F)cc3)cc2)c(N)c1. The number of alkyl halides is 10. The smallest absolute Gasteiger partial charge is 0.426 e. The van der Waals surface area contributed by atoms with E-state index in [1.807, 2.05) is 0 Å². The van der Waals surface area contributed by atoms with E-state index in [-0.39, 0.29) is 56.1 Å². The van der Waals surface area contributed by atoms with Crippen LogP contribution in [-0.4, -0.2) is 37.5 Å². The Bertz CT molecular complexity index is 2310. The summed E-state index contributed by atoms with van der Waals surface area (Å²) in [5, 5.41) is 0. The summed E-state index contributed by atoms with van der Waals surface area (Å²) in [6.45, 7) is -0.605. The van der Waals surface area contributed by atoms with Crippen LogP contribution < -0.4 is 20.9 Å². The van der Waals surface area contributed by atoms with Crippen LogP contribution in [0.25, 0.3) is 12.2 Å². The number of carbonyl (C=O) groups excluding carboxylic acids is 2. The molecule has 0 aliphatic rings. The Labute approximate surface area is 378 Å². The van der Waals surface area contributed by atoms with Gasteiger partial charge in [-0.3, -0.25) is 0 Å². The Kier molecular flexibility index (Phi) is 17.1. The van der Waals surface area contributed by atoms with Crippen molar-refractivity contribution in [3.63, 3.8) is 0 Å². The topological polar surface area (TPSA) is 123 Å². The summed E-state index contributed by atoms with van der Waals surface area (Å²) < 4.78 is 155. The van der Waals surface area contributed by atoms with E-state index in [9.17, 15) is 53.5 Å². The van der Waals surface area contributed by atoms with E-state index in [1.54, 1.807) is 12.1 Å². The summed E-state index contributed by atoms with van der Waals surface area (Å²) in [6.07, 6.45) is -13.4. The van der Waals surface area contributed by atoms with Crippen LogP contribution in [0, 0.1) is 0 Å². The second-order valence-corrected chi connectivity index (χ2v) is 15.2. The standard InChI is InChI=1S/C49H44F10N2O6/c50-46(51,52)27-1-3-32-5-15-37(16-6-32)48(56,57)66-40-20-9-34(10-21-40)13-25-44(62)64-30-36(42-24-19-39(60)29-43(42)61)31-65-45(63)26-14-35-11-22-41(23-12-35)67-49(58,59)38-17-7-33(8-18-38)4-2-28-47(53,54)55/h5-26,29,36H,1-4,27-28,30-31,60-61H2/b25-13+,26-14+. The lowest BCUT2D eigenvalue weighted by atomic mass is 9.98. The van der Waals surface area contributed by atoms with Gasteiger partial charge in [-0.25, -0.2) is 9.59 Å². The van der Waals surface area contributed by atoms with Crippen LogP contribution in [0.15, 0.2) is 127 Å². The Morgan fingerprint density at radius 2 is 0.910 bits per heavy atom. The van der Waals surface area contributed by atoms with Crippen molar-refractivity contribution in [1.29, 1.82) is 0 Å². The summed E-state index contributed by atoms with van der Waals surface area (Å²) in [7, 11) is 0. The van der Waals surface area contributed by atoms with Gasteiger partial charge in [0.25, 0.3) is 0 Å². The second-order valence-electron chi connectivity index (χ2n) is 15.2. The fourth-order valence-corrected chi connectivity index (χ4v) is 6.41. The third kappa shape index (κ3) is 17.1. The van der Waals surface area contributed by atoms with Crippen molar-refractivity contribution >= 4 is 35.5 Å². The first kappa shape index (κ1) is 51.0. The molecule has 5 rings (SSSR count). The van der Waals surface area contributed by atoms with Crippen LogP contribution in [0.3, 0.4) is 0 Å². The Balaban J connectivity index is 1.11. The molecule has 0 fully saturated rings. The molecule has 0 atom stereocenters.